The molecule has 0 spiro atoms. The summed E-state index contributed by atoms with van der Waals surface area (Å²) >= 11 is 5.21. The first kappa shape index (κ1) is 9.95. The molecular formula is C6H9Cl2NO. The summed E-state index contributed by atoms with van der Waals surface area (Å²) in [5.74, 6) is 0. The molecule has 1 rings (SSSR count). The molecule has 0 aliphatic carbocycles. The molecule has 2 nitrogen and oxygen atoms in total. The van der Waals surface area contributed by atoms with Crippen molar-refractivity contribution in [3.63, 3.8) is 0 Å². The third-order valence-electron chi connectivity index (χ3n) is 1.28. The third kappa shape index (κ3) is 2.69. The third-order valence-corrected chi connectivity index (χ3v) is 1.52. The van der Waals surface area contributed by atoms with Gasteiger partial charge in [0.2, 0.25) is 5.24 Å². The molecule has 0 fully saturated rings. The van der Waals surface area contributed by atoms with Crippen LogP contribution in [0.3, 0.4) is 0 Å². The van der Waals surface area contributed by atoms with E-state index in [-0.39, 0.29) is 17.6 Å². The summed E-state index contributed by atoms with van der Waals surface area (Å²) in [6.07, 6.45) is 2.79. The Kier molecular flexibility index (Phi) is 4.69. The molecule has 0 radical (unpaired) electrons. The van der Waals surface area contributed by atoms with Gasteiger partial charge >= 0.3 is 0 Å². The Balaban J connectivity index is 0.000000810. The smallest absolute Gasteiger partial charge is 0.249 e. The highest BCUT2D eigenvalue weighted by Crippen LogP contribution is 2.03. The molecule has 0 atom stereocenters. The van der Waals surface area contributed by atoms with Crippen molar-refractivity contribution in [3.8, 4) is 0 Å². The van der Waals surface area contributed by atoms with Gasteiger partial charge in [-0.1, -0.05) is 6.08 Å². The van der Waals surface area contributed by atoms with Crippen molar-refractivity contribution in [2.45, 2.75) is 6.42 Å². The van der Waals surface area contributed by atoms with Crippen LogP contribution in [0.25, 0.3) is 0 Å². The molecule has 1 aliphatic heterocycles. The first-order valence-corrected chi connectivity index (χ1v) is 3.28. The van der Waals surface area contributed by atoms with Gasteiger partial charge in [-0.15, -0.1) is 12.4 Å². The zero-order valence-electron chi connectivity index (χ0n) is 5.39. The molecule has 0 bridgehead atoms. The minimum atomic E-state index is -0.331. The largest absolute Gasteiger partial charge is 0.312 e. The molecule has 1 heterocycles. The minimum absolute atomic E-state index is 0. The Morgan fingerprint density at radius 3 is 2.70 bits per heavy atom. The predicted octanol–water partition coefficient (Wildman–Crippen LogP) is 1.09. The predicted molar refractivity (Wildman–Crippen MR) is 43.7 cm³/mol. The summed E-state index contributed by atoms with van der Waals surface area (Å²) in [5.41, 5.74) is 0.697. The zero-order chi connectivity index (χ0) is 6.69. The topological polar surface area (TPSA) is 29.1 Å². The van der Waals surface area contributed by atoms with E-state index in [9.17, 15) is 4.79 Å². The van der Waals surface area contributed by atoms with Gasteiger partial charge in [0, 0.05) is 12.1 Å². The molecule has 1 aliphatic rings. The van der Waals surface area contributed by atoms with Crippen molar-refractivity contribution in [1.82, 2.24) is 5.32 Å². The quantitative estimate of drug-likeness (QED) is 0.615. The maximum Gasteiger partial charge on any atom is 0.249 e. The van der Waals surface area contributed by atoms with Crippen LogP contribution in [0.4, 0.5) is 0 Å². The average Bonchev–Trinajstić information content (AvgIpc) is 1.90. The van der Waals surface area contributed by atoms with Gasteiger partial charge in [-0.05, 0) is 24.6 Å². The SMILES string of the molecule is Cl.O=C(Cl)C1=CCCNC1. The number of hydrogen-bond acceptors (Lipinski definition) is 2. The van der Waals surface area contributed by atoms with Crippen molar-refractivity contribution >= 4 is 29.3 Å². The fraction of sp³-hybridized carbons (Fsp3) is 0.500. The van der Waals surface area contributed by atoms with Gasteiger partial charge in [0.25, 0.3) is 0 Å². The first-order chi connectivity index (χ1) is 4.30. The highest BCUT2D eigenvalue weighted by atomic mass is 35.5. The zero-order valence-corrected chi connectivity index (χ0v) is 6.97. The molecule has 0 aromatic carbocycles. The molecule has 1 N–H and O–H groups in total. The van der Waals surface area contributed by atoms with Crippen LogP contribution in [-0.2, 0) is 4.79 Å². The minimum Gasteiger partial charge on any atom is -0.312 e. The summed E-state index contributed by atoms with van der Waals surface area (Å²) in [7, 11) is 0. The molecule has 0 saturated carbocycles. The van der Waals surface area contributed by atoms with E-state index in [1.54, 1.807) is 0 Å². The molecule has 0 unspecified atom stereocenters. The summed E-state index contributed by atoms with van der Waals surface area (Å²) in [5, 5.41) is 2.71. The highest BCUT2D eigenvalue weighted by Gasteiger charge is 2.07. The van der Waals surface area contributed by atoms with Gasteiger partial charge in [-0.3, -0.25) is 4.79 Å². The number of rotatable bonds is 1. The lowest BCUT2D eigenvalue weighted by Gasteiger charge is -2.09. The Labute approximate surface area is 71.0 Å². The van der Waals surface area contributed by atoms with Gasteiger partial charge in [0.05, 0.1) is 0 Å². The van der Waals surface area contributed by atoms with Crippen LogP contribution in [0.2, 0.25) is 0 Å². The van der Waals surface area contributed by atoms with Crippen LogP contribution in [-0.4, -0.2) is 18.3 Å². The molecule has 0 amide bonds. The molecule has 0 aromatic heterocycles. The fourth-order valence-electron chi connectivity index (χ4n) is 0.793. The summed E-state index contributed by atoms with van der Waals surface area (Å²) in [6, 6.07) is 0. The van der Waals surface area contributed by atoms with Crippen LogP contribution in [0, 0.1) is 0 Å². The summed E-state index contributed by atoms with van der Waals surface area (Å²) in [6.45, 7) is 1.58. The lowest BCUT2D eigenvalue weighted by molar-refractivity contribution is -0.108. The van der Waals surface area contributed by atoms with Gasteiger partial charge in [0.1, 0.15) is 0 Å². The van der Waals surface area contributed by atoms with Crippen LogP contribution < -0.4 is 5.32 Å². The number of halogens is 2. The van der Waals surface area contributed by atoms with E-state index in [0.717, 1.165) is 13.0 Å². The molecule has 4 heteroatoms. The maximum absolute atomic E-state index is 10.5. The van der Waals surface area contributed by atoms with Crippen molar-refractivity contribution in [2.24, 2.45) is 0 Å². The molecule has 10 heavy (non-hydrogen) atoms. The number of nitrogens with one attached hydrogen (secondary N) is 1. The van der Waals surface area contributed by atoms with Gasteiger partial charge in [-0.25, -0.2) is 0 Å². The van der Waals surface area contributed by atoms with E-state index in [0.29, 0.717) is 12.1 Å². The Morgan fingerprint density at radius 2 is 2.40 bits per heavy atom. The lowest BCUT2D eigenvalue weighted by atomic mass is 10.2. The Morgan fingerprint density at radius 1 is 1.70 bits per heavy atom. The Bertz CT molecular complexity index is 156. The number of carbonyl (C=O) groups is 1. The Hall–Kier alpha value is -0.0500. The maximum atomic E-state index is 10.5. The monoisotopic (exact) mass is 181 g/mol. The van der Waals surface area contributed by atoms with Gasteiger partial charge in [0.15, 0.2) is 0 Å². The molecule has 0 aromatic rings. The normalized spacial score (nSPS) is 17.1. The molecule has 0 saturated heterocycles. The van der Waals surface area contributed by atoms with Crippen molar-refractivity contribution in [2.75, 3.05) is 13.1 Å². The van der Waals surface area contributed by atoms with E-state index in [1.807, 2.05) is 6.08 Å². The average molecular weight is 182 g/mol. The number of carbonyl (C=O) groups excluding carboxylic acids is 1. The lowest BCUT2D eigenvalue weighted by Crippen LogP contribution is -2.24. The van der Waals surface area contributed by atoms with E-state index in [1.165, 1.54) is 0 Å². The standard InChI is InChI=1S/C6H8ClNO.ClH/c7-6(9)5-2-1-3-8-4-5;/h2,8H,1,3-4H2;1H. The summed E-state index contributed by atoms with van der Waals surface area (Å²) < 4.78 is 0. The van der Waals surface area contributed by atoms with Crippen molar-refractivity contribution in [1.29, 1.82) is 0 Å². The highest BCUT2D eigenvalue weighted by molar-refractivity contribution is 6.67. The molecule has 58 valence electrons. The van der Waals surface area contributed by atoms with E-state index >= 15 is 0 Å². The van der Waals surface area contributed by atoms with Crippen LogP contribution in [0.1, 0.15) is 6.42 Å². The van der Waals surface area contributed by atoms with E-state index < -0.39 is 0 Å². The fourth-order valence-corrected chi connectivity index (χ4v) is 0.937. The van der Waals surface area contributed by atoms with E-state index in [2.05, 4.69) is 5.32 Å². The van der Waals surface area contributed by atoms with Gasteiger partial charge < -0.3 is 5.32 Å². The van der Waals surface area contributed by atoms with E-state index in [4.69, 9.17) is 11.6 Å². The van der Waals surface area contributed by atoms with Gasteiger partial charge in [-0.2, -0.15) is 0 Å². The van der Waals surface area contributed by atoms with Crippen LogP contribution in [0.15, 0.2) is 11.6 Å². The summed E-state index contributed by atoms with van der Waals surface area (Å²) in [4.78, 5) is 10.5. The molecular weight excluding hydrogens is 173 g/mol. The second-order valence-electron chi connectivity index (χ2n) is 1.97. The van der Waals surface area contributed by atoms with Crippen molar-refractivity contribution in [3.05, 3.63) is 11.6 Å². The van der Waals surface area contributed by atoms with Crippen LogP contribution >= 0.6 is 24.0 Å². The van der Waals surface area contributed by atoms with Crippen LogP contribution in [0.5, 0.6) is 0 Å². The second kappa shape index (κ2) is 4.72. The second-order valence-corrected chi connectivity index (χ2v) is 2.31. The first-order valence-electron chi connectivity index (χ1n) is 2.90. The number of hydrogen-bond donors (Lipinski definition) is 1. The van der Waals surface area contributed by atoms with Crippen molar-refractivity contribution < 1.29 is 4.79 Å².